The molecule has 0 spiro atoms. The van der Waals surface area contributed by atoms with Gasteiger partial charge in [0.25, 0.3) is 0 Å². The third-order valence-corrected chi connectivity index (χ3v) is 5.79. The van der Waals surface area contributed by atoms with Gasteiger partial charge in [0.05, 0.1) is 0 Å². The van der Waals surface area contributed by atoms with Crippen molar-refractivity contribution in [1.82, 2.24) is 5.32 Å². The minimum Gasteiger partial charge on any atom is -0.480 e. The summed E-state index contributed by atoms with van der Waals surface area (Å²) in [6.45, 7) is 1.17. The van der Waals surface area contributed by atoms with Gasteiger partial charge in [-0.1, -0.05) is 54.6 Å². The van der Waals surface area contributed by atoms with Crippen LogP contribution >= 0.6 is 0 Å². The highest BCUT2D eigenvalue weighted by Crippen LogP contribution is 2.44. The fourth-order valence-electron chi connectivity index (χ4n) is 4.09. The molecule has 164 valence electrons. The number of benzene rings is 3. The van der Waals surface area contributed by atoms with Gasteiger partial charge in [0.2, 0.25) is 0 Å². The van der Waals surface area contributed by atoms with Crippen LogP contribution in [0.1, 0.15) is 29.5 Å². The fourth-order valence-corrected chi connectivity index (χ4v) is 4.09. The number of ether oxygens (including phenoxy) is 1. The van der Waals surface area contributed by atoms with Gasteiger partial charge in [0, 0.05) is 17.9 Å². The second-order valence-electron chi connectivity index (χ2n) is 7.96. The summed E-state index contributed by atoms with van der Waals surface area (Å²) >= 11 is 0. The smallest absolute Gasteiger partial charge is 0.408 e. The molecule has 1 atom stereocenters. The van der Waals surface area contributed by atoms with Gasteiger partial charge in [-0.05, 0) is 41.3 Å². The van der Waals surface area contributed by atoms with Gasteiger partial charge in [-0.2, -0.15) is 0 Å². The molecule has 2 N–H and O–H groups in total. The van der Waals surface area contributed by atoms with Crippen LogP contribution in [-0.2, 0) is 16.0 Å². The first-order valence-corrected chi connectivity index (χ1v) is 10.1. The van der Waals surface area contributed by atoms with E-state index >= 15 is 0 Å². The number of alkyl carbamates (subject to hydrolysis) is 1. The summed E-state index contributed by atoms with van der Waals surface area (Å²) in [6, 6.07) is 18.9. The lowest BCUT2D eigenvalue weighted by atomic mass is 9.92. The summed E-state index contributed by atoms with van der Waals surface area (Å²) in [7, 11) is 0. The van der Waals surface area contributed by atoms with E-state index in [9.17, 15) is 23.5 Å². The summed E-state index contributed by atoms with van der Waals surface area (Å²) < 4.78 is 33.5. The van der Waals surface area contributed by atoms with Crippen molar-refractivity contribution in [3.63, 3.8) is 0 Å². The largest absolute Gasteiger partial charge is 0.480 e. The van der Waals surface area contributed by atoms with Crippen LogP contribution in [0.25, 0.3) is 11.1 Å². The van der Waals surface area contributed by atoms with Crippen molar-refractivity contribution in [3.8, 4) is 11.1 Å². The number of carboxylic acids is 1. The van der Waals surface area contributed by atoms with E-state index in [0.717, 1.165) is 34.4 Å². The molecule has 0 aliphatic heterocycles. The minimum atomic E-state index is -1.97. The van der Waals surface area contributed by atoms with Crippen LogP contribution in [0.3, 0.4) is 0 Å². The molecule has 1 amide bonds. The van der Waals surface area contributed by atoms with E-state index in [-0.39, 0.29) is 12.5 Å². The second-order valence-corrected chi connectivity index (χ2v) is 7.96. The Labute approximate surface area is 183 Å². The van der Waals surface area contributed by atoms with Gasteiger partial charge in [0.15, 0.2) is 0 Å². The van der Waals surface area contributed by atoms with Crippen molar-refractivity contribution in [2.75, 3.05) is 6.61 Å². The average molecular weight is 437 g/mol. The van der Waals surface area contributed by atoms with E-state index in [2.05, 4.69) is 5.32 Å². The molecular weight excluding hydrogens is 416 g/mol. The minimum absolute atomic E-state index is 0.0103. The molecule has 3 aromatic carbocycles. The summed E-state index contributed by atoms with van der Waals surface area (Å²) in [6.07, 6.45) is -1.56. The molecule has 4 rings (SSSR count). The first kappa shape index (κ1) is 21.5. The van der Waals surface area contributed by atoms with Gasteiger partial charge in [-0.15, -0.1) is 0 Å². The van der Waals surface area contributed by atoms with Crippen LogP contribution in [0.5, 0.6) is 0 Å². The lowest BCUT2D eigenvalue weighted by Crippen LogP contribution is -2.54. The topological polar surface area (TPSA) is 75.6 Å². The zero-order valence-electron chi connectivity index (χ0n) is 17.3. The lowest BCUT2D eigenvalue weighted by Gasteiger charge is -2.26. The highest BCUT2D eigenvalue weighted by Gasteiger charge is 2.38. The Hall–Kier alpha value is -3.74. The van der Waals surface area contributed by atoms with Crippen molar-refractivity contribution in [2.24, 2.45) is 0 Å². The van der Waals surface area contributed by atoms with E-state index in [1.807, 2.05) is 48.5 Å². The van der Waals surface area contributed by atoms with E-state index in [0.29, 0.717) is 0 Å². The SMILES string of the molecule is C[C@@](Cc1c(F)cccc1F)(NC(=O)OCC1c2ccccc2-c2ccccc21)C(=O)O. The first-order chi connectivity index (χ1) is 15.3. The number of nitrogens with one attached hydrogen (secondary N) is 1. The fraction of sp³-hybridized carbons (Fsp3) is 0.200. The van der Waals surface area contributed by atoms with Crippen molar-refractivity contribution < 1.29 is 28.2 Å². The van der Waals surface area contributed by atoms with Crippen LogP contribution in [0.2, 0.25) is 0 Å². The Bertz CT molecular complexity index is 1130. The first-order valence-electron chi connectivity index (χ1n) is 10.1. The molecule has 3 aromatic rings. The van der Waals surface area contributed by atoms with Crippen LogP contribution in [0.4, 0.5) is 13.6 Å². The second kappa shape index (κ2) is 8.42. The monoisotopic (exact) mass is 437 g/mol. The molecule has 32 heavy (non-hydrogen) atoms. The number of hydrogen-bond acceptors (Lipinski definition) is 3. The van der Waals surface area contributed by atoms with Crippen molar-refractivity contribution in [3.05, 3.63) is 95.1 Å². The Morgan fingerprint density at radius 1 is 0.938 bits per heavy atom. The zero-order chi connectivity index (χ0) is 22.9. The van der Waals surface area contributed by atoms with Crippen molar-refractivity contribution in [1.29, 1.82) is 0 Å². The normalized spacial score (nSPS) is 14.2. The highest BCUT2D eigenvalue weighted by molar-refractivity contribution is 5.84. The number of carbonyl (C=O) groups is 2. The Kier molecular flexibility index (Phi) is 5.65. The number of carboxylic acid groups (broad SMARTS) is 1. The predicted molar refractivity (Wildman–Crippen MR) is 114 cm³/mol. The van der Waals surface area contributed by atoms with E-state index < -0.39 is 41.2 Å². The van der Waals surface area contributed by atoms with Gasteiger partial charge in [-0.3, -0.25) is 0 Å². The number of aliphatic carboxylic acids is 1. The molecule has 1 aliphatic rings. The number of halogens is 2. The van der Waals surface area contributed by atoms with Gasteiger partial charge in [-0.25, -0.2) is 18.4 Å². The number of hydrogen-bond donors (Lipinski definition) is 2. The van der Waals surface area contributed by atoms with Crippen LogP contribution in [0.15, 0.2) is 66.7 Å². The molecule has 0 radical (unpaired) electrons. The number of rotatable bonds is 6. The molecule has 1 aliphatic carbocycles. The standard InChI is InChI=1S/C25H21F2NO4/c1-25(23(29)30,13-19-21(26)11-6-12-22(19)27)28-24(31)32-14-20-17-9-4-2-7-15(17)16-8-3-5-10-18(16)20/h2-12,20H,13-14H2,1H3,(H,28,31)(H,29,30)/t25-/m0/s1. The van der Waals surface area contributed by atoms with Crippen LogP contribution < -0.4 is 5.32 Å². The number of fused-ring (bicyclic) bond motifs is 3. The highest BCUT2D eigenvalue weighted by atomic mass is 19.1. The molecule has 0 fully saturated rings. The maximum absolute atomic E-state index is 14.0. The summed E-state index contributed by atoms with van der Waals surface area (Å²) in [5, 5.41) is 11.9. The predicted octanol–water partition coefficient (Wildman–Crippen LogP) is 4.89. The van der Waals surface area contributed by atoms with Crippen molar-refractivity contribution in [2.45, 2.75) is 24.8 Å². The summed E-state index contributed by atoms with van der Waals surface area (Å²) in [5.74, 6) is -3.40. The third kappa shape index (κ3) is 3.93. The molecule has 0 saturated heterocycles. The third-order valence-electron chi connectivity index (χ3n) is 5.79. The number of carbonyl (C=O) groups excluding carboxylic acids is 1. The van der Waals surface area contributed by atoms with Gasteiger partial charge < -0.3 is 15.2 Å². The molecular formula is C25H21F2NO4. The molecule has 0 saturated carbocycles. The molecule has 5 nitrogen and oxygen atoms in total. The molecule has 0 bridgehead atoms. The van der Waals surface area contributed by atoms with Gasteiger partial charge >= 0.3 is 12.1 Å². The van der Waals surface area contributed by atoms with E-state index in [1.54, 1.807) is 0 Å². The molecule has 0 unspecified atom stereocenters. The lowest BCUT2D eigenvalue weighted by molar-refractivity contribution is -0.143. The number of amides is 1. The van der Waals surface area contributed by atoms with E-state index in [4.69, 9.17) is 4.74 Å². The summed E-state index contributed by atoms with van der Waals surface area (Å²) in [4.78, 5) is 24.4. The average Bonchev–Trinajstić information content (AvgIpc) is 3.09. The Morgan fingerprint density at radius 2 is 1.47 bits per heavy atom. The van der Waals surface area contributed by atoms with E-state index in [1.165, 1.54) is 13.0 Å². The summed E-state index contributed by atoms with van der Waals surface area (Å²) in [5.41, 5.74) is 1.75. The Balaban J connectivity index is 1.50. The molecule has 0 heterocycles. The Morgan fingerprint density at radius 3 is 2.00 bits per heavy atom. The maximum Gasteiger partial charge on any atom is 0.408 e. The quantitative estimate of drug-likeness (QED) is 0.576. The van der Waals surface area contributed by atoms with Crippen LogP contribution in [-0.4, -0.2) is 29.3 Å². The zero-order valence-corrected chi connectivity index (χ0v) is 17.3. The maximum atomic E-state index is 14.0. The van der Waals surface area contributed by atoms with Crippen molar-refractivity contribution >= 4 is 12.1 Å². The molecule has 7 heteroatoms. The molecule has 0 aromatic heterocycles. The van der Waals surface area contributed by atoms with Crippen LogP contribution in [0, 0.1) is 11.6 Å². The van der Waals surface area contributed by atoms with Gasteiger partial charge in [0.1, 0.15) is 23.8 Å².